The predicted octanol–water partition coefficient (Wildman–Crippen LogP) is 2.13. The van der Waals surface area contributed by atoms with Gasteiger partial charge in [-0.05, 0) is 24.6 Å². The average molecular weight is 306 g/mol. The van der Waals surface area contributed by atoms with Gasteiger partial charge in [-0.3, -0.25) is 14.9 Å². The van der Waals surface area contributed by atoms with Crippen molar-refractivity contribution in [1.82, 2.24) is 10.3 Å². The number of nitro groups is 1. The van der Waals surface area contributed by atoms with E-state index >= 15 is 0 Å². The van der Waals surface area contributed by atoms with E-state index < -0.39 is 10.8 Å². The lowest BCUT2D eigenvalue weighted by molar-refractivity contribution is -0.385. The number of nitrogen functional groups attached to an aromatic ring is 1. The normalized spacial score (nSPS) is 10.3. The van der Waals surface area contributed by atoms with Gasteiger partial charge < -0.3 is 11.1 Å². The van der Waals surface area contributed by atoms with E-state index in [1.54, 1.807) is 11.3 Å². The second-order valence-electron chi connectivity index (χ2n) is 4.29. The Balaban J connectivity index is 2.13. The lowest BCUT2D eigenvalue weighted by Crippen LogP contribution is -2.23. The van der Waals surface area contributed by atoms with Crippen LogP contribution in [0.2, 0.25) is 0 Å². The Morgan fingerprint density at radius 2 is 2.19 bits per heavy atom. The number of amides is 1. The molecule has 0 radical (unpaired) electrons. The Hall–Kier alpha value is -2.48. The van der Waals surface area contributed by atoms with Crippen LogP contribution in [-0.2, 0) is 13.0 Å². The Kier molecular flexibility index (Phi) is 4.49. The third-order valence-corrected chi connectivity index (χ3v) is 4.06. The smallest absolute Gasteiger partial charge is 0.300 e. The van der Waals surface area contributed by atoms with Crippen LogP contribution in [0, 0.1) is 10.1 Å². The number of rotatable bonds is 5. The highest BCUT2D eigenvalue weighted by atomic mass is 32.1. The van der Waals surface area contributed by atoms with Crippen molar-refractivity contribution in [2.45, 2.75) is 19.9 Å². The van der Waals surface area contributed by atoms with E-state index in [4.69, 9.17) is 5.73 Å². The molecular weight excluding hydrogens is 292 g/mol. The van der Waals surface area contributed by atoms with Gasteiger partial charge in [0.25, 0.3) is 11.6 Å². The van der Waals surface area contributed by atoms with Crippen LogP contribution in [-0.4, -0.2) is 15.8 Å². The molecular formula is C13H14N4O3S. The SMILES string of the molecule is CCc1ccc(CNC(=O)c2cc(N)ncc2[N+](=O)[O-])s1. The van der Waals surface area contributed by atoms with Gasteiger partial charge in [-0.25, -0.2) is 4.98 Å². The number of aryl methyl sites for hydroxylation is 1. The maximum atomic E-state index is 12.1. The number of anilines is 1. The van der Waals surface area contributed by atoms with Crippen LogP contribution in [0.1, 0.15) is 27.0 Å². The summed E-state index contributed by atoms with van der Waals surface area (Å²) in [6.07, 6.45) is 1.93. The molecule has 0 aliphatic rings. The molecule has 0 saturated heterocycles. The first-order valence-electron chi connectivity index (χ1n) is 6.27. The number of thiophene rings is 1. The number of nitrogens with one attached hydrogen (secondary N) is 1. The fourth-order valence-corrected chi connectivity index (χ4v) is 2.66. The number of nitrogens with two attached hydrogens (primary N) is 1. The Labute approximate surface area is 125 Å². The highest BCUT2D eigenvalue weighted by molar-refractivity contribution is 7.11. The van der Waals surface area contributed by atoms with Gasteiger partial charge in [0.15, 0.2) is 0 Å². The fraction of sp³-hybridized carbons (Fsp3) is 0.231. The molecule has 0 bridgehead atoms. The summed E-state index contributed by atoms with van der Waals surface area (Å²) in [7, 11) is 0. The molecule has 8 heteroatoms. The summed E-state index contributed by atoms with van der Waals surface area (Å²) in [5.41, 5.74) is 5.04. The summed E-state index contributed by atoms with van der Waals surface area (Å²) in [6.45, 7) is 2.38. The first-order valence-corrected chi connectivity index (χ1v) is 7.08. The fourth-order valence-electron chi connectivity index (χ4n) is 1.76. The molecule has 2 heterocycles. The van der Waals surface area contributed by atoms with Crippen LogP contribution in [0.25, 0.3) is 0 Å². The zero-order valence-electron chi connectivity index (χ0n) is 11.3. The van der Waals surface area contributed by atoms with Crippen LogP contribution < -0.4 is 11.1 Å². The first-order chi connectivity index (χ1) is 10.0. The monoisotopic (exact) mass is 306 g/mol. The molecule has 1 amide bonds. The van der Waals surface area contributed by atoms with Crippen LogP contribution in [0.4, 0.5) is 11.5 Å². The van der Waals surface area contributed by atoms with Crippen molar-refractivity contribution in [3.8, 4) is 0 Å². The highest BCUT2D eigenvalue weighted by Gasteiger charge is 2.21. The van der Waals surface area contributed by atoms with E-state index in [2.05, 4.69) is 17.2 Å². The van der Waals surface area contributed by atoms with Gasteiger partial charge in [-0.2, -0.15) is 0 Å². The molecule has 0 aliphatic heterocycles. The number of carbonyl (C=O) groups excluding carboxylic acids is 1. The summed E-state index contributed by atoms with van der Waals surface area (Å²) >= 11 is 1.60. The number of carbonyl (C=O) groups is 1. The van der Waals surface area contributed by atoms with E-state index in [1.807, 2.05) is 12.1 Å². The van der Waals surface area contributed by atoms with Crippen molar-refractivity contribution in [2.24, 2.45) is 0 Å². The van der Waals surface area contributed by atoms with Crippen molar-refractivity contribution in [3.05, 3.63) is 49.8 Å². The topological polar surface area (TPSA) is 111 Å². The third kappa shape index (κ3) is 3.54. The summed E-state index contributed by atoms with van der Waals surface area (Å²) in [4.78, 5) is 28.2. The summed E-state index contributed by atoms with van der Waals surface area (Å²) in [5, 5.41) is 13.6. The van der Waals surface area contributed by atoms with Crippen LogP contribution >= 0.6 is 11.3 Å². The predicted molar refractivity (Wildman–Crippen MR) is 80.2 cm³/mol. The van der Waals surface area contributed by atoms with Crippen molar-refractivity contribution in [2.75, 3.05) is 5.73 Å². The summed E-state index contributed by atoms with van der Waals surface area (Å²) < 4.78 is 0. The minimum atomic E-state index is -0.651. The number of pyridine rings is 1. The molecule has 0 saturated carbocycles. The van der Waals surface area contributed by atoms with Crippen molar-refractivity contribution >= 4 is 28.7 Å². The van der Waals surface area contributed by atoms with E-state index in [0.717, 1.165) is 17.5 Å². The maximum absolute atomic E-state index is 12.1. The van der Waals surface area contributed by atoms with Crippen LogP contribution in [0.3, 0.4) is 0 Å². The molecule has 110 valence electrons. The molecule has 0 aromatic carbocycles. The lowest BCUT2D eigenvalue weighted by atomic mass is 10.2. The van der Waals surface area contributed by atoms with E-state index in [-0.39, 0.29) is 17.1 Å². The lowest BCUT2D eigenvalue weighted by Gasteiger charge is -2.05. The number of nitrogens with zero attached hydrogens (tertiary/aromatic N) is 2. The third-order valence-electron chi connectivity index (χ3n) is 2.83. The zero-order valence-corrected chi connectivity index (χ0v) is 12.1. The van der Waals surface area contributed by atoms with Gasteiger partial charge >= 0.3 is 0 Å². The van der Waals surface area contributed by atoms with Gasteiger partial charge in [-0.15, -0.1) is 11.3 Å². The molecule has 0 unspecified atom stereocenters. The zero-order chi connectivity index (χ0) is 15.4. The largest absolute Gasteiger partial charge is 0.384 e. The minimum absolute atomic E-state index is 0.0649. The van der Waals surface area contributed by atoms with E-state index in [9.17, 15) is 14.9 Å². The van der Waals surface area contributed by atoms with Crippen LogP contribution in [0.15, 0.2) is 24.4 Å². The molecule has 7 nitrogen and oxygen atoms in total. The molecule has 21 heavy (non-hydrogen) atoms. The molecule has 2 aromatic rings. The van der Waals surface area contributed by atoms with Gasteiger partial charge in [0.05, 0.1) is 11.5 Å². The number of aromatic nitrogens is 1. The Bertz CT molecular complexity index is 684. The standard InChI is InChI=1S/C13H14N4O3S/c1-2-8-3-4-9(21-8)6-16-13(18)10-5-12(14)15-7-11(10)17(19)20/h3-5,7H,2,6H2,1H3,(H2,14,15)(H,16,18). The van der Waals surface area contributed by atoms with E-state index in [0.29, 0.717) is 6.54 Å². The molecule has 2 aromatic heterocycles. The molecule has 0 aliphatic carbocycles. The molecule has 2 rings (SSSR count). The highest BCUT2D eigenvalue weighted by Crippen LogP contribution is 2.20. The van der Waals surface area contributed by atoms with E-state index in [1.165, 1.54) is 10.9 Å². The summed E-state index contributed by atoms with van der Waals surface area (Å²) in [5.74, 6) is -0.475. The number of hydrogen-bond acceptors (Lipinski definition) is 6. The Morgan fingerprint density at radius 1 is 1.48 bits per heavy atom. The maximum Gasteiger partial charge on any atom is 0.300 e. The van der Waals surface area contributed by atoms with Crippen LogP contribution in [0.5, 0.6) is 0 Å². The number of hydrogen-bond donors (Lipinski definition) is 2. The van der Waals surface area contributed by atoms with Gasteiger partial charge in [-0.1, -0.05) is 6.92 Å². The quantitative estimate of drug-likeness (QED) is 0.649. The molecule has 3 N–H and O–H groups in total. The van der Waals surface area contributed by atoms with Gasteiger partial charge in [0.1, 0.15) is 17.6 Å². The molecule has 0 atom stereocenters. The van der Waals surface area contributed by atoms with Crippen molar-refractivity contribution in [1.29, 1.82) is 0 Å². The first kappa shape index (κ1) is 14.9. The average Bonchev–Trinajstić information content (AvgIpc) is 2.92. The van der Waals surface area contributed by atoms with Crippen molar-refractivity contribution < 1.29 is 9.72 Å². The Morgan fingerprint density at radius 3 is 2.81 bits per heavy atom. The van der Waals surface area contributed by atoms with Crippen molar-refractivity contribution in [3.63, 3.8) is 0 Å². The molecule has 0 fully saturated rings. The minimum Gasteiger partial charge on any atom is -0.384 e. The van der Waals surface area contributed by atoms with Gasteiger partial charge in [0, 0.05) is 9.75 Å². The van der Waals surface area contributed by atoms with Gasteiger partial charge in [0.2, 0.25) is 0 Å². The molecule has 0 spiro atoms. The summed E-state index contributed by atoms with van der Waals surface area (Å²) in [6, 6.07) is 5.14. The second kappa shape index (κ2) is 6.31. The second-order valence-corrected chi connectivity index (χ2v) is 5.54.